The van der Waals surface area contributed by atoms with Gasteiger partial charge in [-0.1, -0.05) is 26.0 Å². The van der Waals surface area contributed by atoms with Crippen molar-refractivity contribution in [2.24, 2.45) is 0 Å². The van der Waals surface area contributed by atoms with Gasteiger partial charge in [0.25, 0.3) is 0 Å². The summed E-state index contributed by atoms with van der Waals surface area (Å²) >= 11 is 0. The molecule has 0 atom stereocenters. The first-order valence-electron chi connectivity index (χ1n) is 7.58. The molecule has 2 aromatic carbocycles. The van der Waals surface area contributed by atoms with Gasteiger partial charge in [-0.2, -0.15) is 5.26 Å². The number of rotatable bonds is 0. The van der Waals surface area contributed by atoms with Gasteiger partial charge in [0.15, 0.2) is 5.78 Å². The minimum atomic E-state index is -0.280. The van der Waals surface area contributed by atoms with E-state index in [1.165, 1.54) is 0 Å². The van der Waals surface area contributed by atoms with Gasteiger partial charge in [-0.05, 0) is 52.9 Å². The number of hydrogen-bond acceptors (Lipinski definition) is 3. The summed E-state index contributed by atoms with van der Waals surface area (Å²) < 4.78 is 0. The largest absolute Gasteiger partial charge is 0.508 e. The summed E-state index contributed by atoms with van der Waals surface area (Å²) in [5, 5.41) is 18.9. The van der Waals surface area contributed by atoms with Gasteiger partial charge in [0.2, 0.25) is 0 Å². The first-order chi connectivity index (χ1) is 10.9. The topological polar surface area (TPSA) is 61.1 Å². The molecule has 0 heterocycles. The summed E-state index contributed by atoms with van der Waals surface area (Å²) in [6, 6.07) is 12.7. The zero-order valence-electron chi connectivity index (χ0n) is 13.0. The Morgan fingerprint density at radius 1 is 1.13 bits per heavy atom. The van der Waals surface area contributed by atoms with E-state index in [1.54, 1.807) is 18.2 Å². The number of phenolic OH excluding ortho intramolecular Hbond substituents is 1. The average Bonchev–Trinajstić information content (AvgIpc) is 2.92. The second-order valence-electron chi connectivity index (χ2n) is 6.70. The van der Waals surface area contributed by atoms with Crippen molar-refractivity contribution >= 4 is 11.4 Å². The Morgan fingerprint density at radius 2 is 1.91 bits per heavy atom. The third-order valence-electron chi connectivity index (χ3n) is 5.08. The molecule has 2 aromatic rings. The van der Waals surface area contributed by atoms with Crippen molar-refractivity contribution in [3.05, 3.63) is 69.8 Å². The van der Waals surface area contributed by atoms with Crippen molar-refractivity contribution in [1.82, 2.24) is 0 Å². The summed E-state index contributed by atoms with van der Waals surface area (Å²) in [6.45, 7) is 4.23. The average molecular weight is 301 g/mol. The predicted octanol–water partition coefficient (Wildman–Crippen LogP) is 3.75. The molecule has 3 heteroatoms. The Balaban J connectivity index is 1.98. The van der Waals surface area contributed by atoms with Crippen molar-refractivity contribution in [1.29, 1.82) is 5.26 Å². The van der Waals surface area contributed by atoms with E-state index < -0.39 is 0 Å². The van der Waals surface area contributed by atoms with E-state index >= 15 is 0 Å². The summed E-state index contributed by atoms with van der Waals surface area (Å²) in [5.41, 5.74) is 5.66. The van der Waals surface area contributed by atoms with Crippen LogP contribution in [0.3, 0.4) is 0 Å². The van der Waals surface area contributed by atoms with Crippen LogP contribution >= 0.6 is 0 Å². The SMILES string of the molecule is CC1(C)C2=C(C(=O)c3cc(O)ccc31)c1ccc(C#N)cc1C2. The van der Waals surface area contributed by atoms with Crippen molar-refractivity contribution in [3.8, 4) is 11.8 Å². The molecule has 0 saturated carbocycles. The maximum atomic E-state index is 13.0. The molecule has 0 spiro atoms. The Labute approximate surface area is 134 Å². The second-order valence-corrected chi connectivity index (χ2v) is 6.70. The van der Waals surface area contributed by atoms with Gasteiger partial charge in [0.05, 0.1) is 11.6 Å². The van der Waals surface area contributed by atoms with Crippen molar-refractivity contribution in [2.45, 2.75) is 25.7 Å². The van der Waals surface area contributed by atoms with Crippen LogP contribution < -0.4 is 0 Å². The van der Waals surface area contributed by atoms with E-state index in [1.807, 2.05) is 18.2 Å². The number of benzene rings is 2. The second kappa shape index (κ2) is 4.33. The van der Waals surface area contributed by atoms with Crippen LogP contribution in [-0.2, 0) is 11.8 Å². The van der Waals surface area contributed by atoms with Gasteiger partial charge in [-0.3, -0.25) is 4.79 Å². The van der Waals surface area contributed by atoms with E-state index in [2.05, 4.69) is 19.9 Å². The van der Waals surface area contributed by atoms with Crippen molar-refractivity contribution in [3.63, 3.8) is 0 Å². The van der Waals surface area contributed by atoms with Crippen LogP contribution in [0.25, 0.3) is 5.57 Å². The first-order valence-corrected chi connectivity index (χ1v) is 7.58. The molecule has 2 aliphatic rings. The first kappa shape index (κ1) is 13.8. The molecule has 0 unspecified atom stereocenters. The molecule has 2 aliphatic carbocycles. The standard InChI is InChI=1S/C20H15NO2/c1-20(2)16-6-4-13(22)9-15(16)19(23)18-14-5-3-11(10-21)7-12(14)8-17(18)20/h3-7,9,22H,8H2,1-2H3. The third kappa shape index (κ3) is 1.72. The zero-order chi connectivity index (χ0) is 16.4. The molecular weight excluding hydrogens is 286 g/mol. The van der Waals surface area contributed by atoms with Crippen LogP contribution in [0.4, 0.5) is 0 Å². The third-order valence-corrected chi connectivity index (χ3v) is 5.08. The molecule has 0 radical (unpaired) electrons. The Bertz CT molecular complexity index is 958. The van der Waals surface area contributed by atoms with Crippen LogP contribution in [-0.4, -0.2) is 10.9 Å². The molecule has 0 fully saturated rings. The fourth-order valence-corrected chi connectivity index (χ4v) is 3.85. The number of nitriles is 1. The number of carbonyl (C=O) groups excluding carboxylic acids is 1. The fraction of sp³-hybridized carbons (Fsp3) is 0.200. The van der Waals surface area contributed by atoms with Crippen LogP contribution in [0.2, 0.25) is 0 Å². The highest BCUT2D eigenvalue weighted by Gasteiger charge is 2.42. The van der Waals surface area contributed by atoms with Crippen LogP contribution in [0.1, 0.15) is 46.5 Å². The van der Waals surface area contributed by atoms with Crippen LogP contribution in [0.15, 0.2) is 42.0 Å². The molecule has 1 N–H and O–H groups in total. The lowest BCUT2D eigenvalue weighted by atomic mass is 9.68. The lowest BCUT2D eigenvalue weighted by molar-refractivity contribution is 0.105. The molecular formula is C20H15NO2. The van der Waals surface area contributed by atoms with Gasteiger partial charge in [-0.25, -0.2) is 0 Å². The molecule has 0 amide bonds. The van der Waals surface area contributed by atoms with E-state index in [-0.39, 0.29) is 16.9 Å². The minimum Gasteiger partial charge on any atom is -0.508 e. The van der Waals surface area contributed by atoms with Gasteiger partial charge in [0.1, 0.15) is 5.75 Å². The molecule has 0 aliphatic heterocycles. The Kier molecular flexibility index (Phi) is 2.59. The van der Waals surface area contributed by atoms with Crippen molar-refractivity contribution < 1.29 is 9.90 Å². The Hall–Kier alpha value is -2.86. The molecule has 0 bridgehead atoms. The number of allylic oxidation sites excluding steroid dienone is 2. The summed E-state index contributed by atoms with van der Waals surface area (Å²) in [6.07, 6.45) is 0.694. The number of nitrogens with zero attached hydrogens (tertiary/aromatic N) is 1. The highest BCUT2D eigenvalue weighted by atomic mass is 16.3. The van der Waals surface area contributed by atoms with E-state index in [9.17, 15) is 9.90 Å². The van der Waals surface area contributed by atoms with Gasteiger partial charge < -0.3 is 5.11 Å². The zero-order valence-corrected chi connectivity index (χ0v) is 13.0. The monoisotopic (exact) mass is 301 g/mol. The number of aromatic hydroxyl groups is 1. The quantitative estimate of drug-likeness (QED) is 0.806. The molecule has 112 valence electrons. The maximum absolute atomic E-state index is 13.0. The van der Waals surface area contributed by atoms with Gasteiger partial charge in [-0.15, -0.1) is 0 Å². The van der Waals surface area contributed by atoms with Gasteiger partial charge >= 0.3 is 0 Å². The maximum Gasteiger partial charge on any atom is 0.194 e. The van der Waals surface area contributed by atoms with Crippen LogP contribution in [0, 0.1) is 11.3 Å². The van der Waals surface area contributed by atoms with E-state index in [0.717, 1.165) is 27.8 Å². The molecule has 4 rings (SSSR count). The highest BCUT2D eigenvalue weighted by Crippen LogP contribution is 2.50. The number of phenols is 1. The predicted molar refractivity (Wildman–Crippen MR) is 87.2 cm³/mol. The molecule has 0 aromatic heterocycles. The van der Waals surface area contributed by atoms with E-state index in [0.29, 0.717) is 17.5 Å². The highest BCUT2D eigenvalue weighted by molar-refractivity contribution is 6.33. The summed E-state index contributed by atoms with van der Waals surface area (Å²) in [7, 11) is 0. The molecule has 3 nitrogen and oxygen atoms in total. The van der Waals surface area contributed by atoms with E-state index in [4.69, 9.17) is 5.26 Å². The Morgan fingerprint density at radius 3 is 2.65 bits per heavy atom. The molecule has 23 heavy (non-hydrogen) atoms. The number of ketones is 1. The smallest absolute Gasteiger partial charge is 0.194 e. The number of hydrogen-bond donors (Lipinski definition) is 1. The molecule has 0 saturated heterocycles. The summed E-state index contributed by atoms with van der Waals surface area (Å²) in [5.74, 6) is 0.0729. The van der Waals surface area contributed by atoms with Crippen molar-refractivity contribution in [2.75, 3.05) is 0 Å². The minimum absolute atomic E-state index is 0.0336. The summed E-state index contributed by atoms with van der Waals surface area (Å²) in [4.78, 5) is 13.0. The number of Topliss-reactive ketones (excluding diaryl/α,β-unsaturated/α-hetero) is 1. The lowest BCUT2D eigenvalue weighted by Gasteiger charge is -2.34. The normalized spacial score (nSPS) is 17.3. The number of carbonyl (C=O) groups is 1. The number of fused-ring (bicyclic) bond motifs is 3. The van der Waals surface area contributed by atoms with Gasteiger partial charge in [0, 0.05) is 16.6 Å². The van der Waals surface area contributed by atoms with Crippen LogP contribution in [0.5, 0.6) is 5.75 Å². The lowest BCUT2D eigenvalue weighted by Crippen LogP contribution is -2.29. The fourth-order valence-electron chi connectivity index (χ4n) is 3.85.